The summed E-state index contributed by atoms with van der Waals surface area (Å²) in [6.07, 6.45) is 0. The van der Waals surface area contributed by atoms with E-state index >= 15 is 0 Å². The number of aromatic nitrogens is 1. The first-order valence-corrected chi connectivity index (χ1v) is 9.26. The van der Waals surface area contributed by atoms with Crippen molar-refractivity contribution in [3.8, 4) is 22.6 Å². The summed E-state index contributed by atoms with van der Waals surface area (Å²) >= 11 is 1.28. The van der Waals surface area contributed by atoms with Gasteiger partial charge in [0, 0.05) is 24.8 Å². The second-order valence-electron chi connectivity index (χ2n) is 5.52. The summed E-state index contributed by atoms with van der Waals surface area (Å²) in [5.74, 6) is 0.874. The molecule has 0 aliphatic carbocycles. The Morgan fingerprint density at radius 3 is 2.38 bits per heavy atom. The van der Waals surface area contributed by atoms with Crippen LogP contribution in [-0.4, -0.2) is 36.9 Å². The molecule has 2 aromatic carbocycles. The minimum absolute atomic E-state index is 0.0761. The first kappa shape index (κ1) is 18.2. The van der Waals surface area contributed by atoms with Gasteiger partial charge in [-0.1, -0.05) is 72.4 Å². The lowest BCUT2D eigenvalue weighted by Gasteiger charge is -2.02. The van der Waals surface area contributed by atoms with Crippen LogP contribution in [0.15, 0.2) is 70.3 Å². The highest BCUT2D eigenvalue weighted by molar-refractivity contribution is 7.99. The number of oxazole rings is 1. The van der Waals surface area contributed by atoms with Crippen LogP contribution >= 0.6 is 11.8 Å². The molecule has 26 heavy (non-hydrogen) atoms. The van der Waals surface area contributed by atoms with Crippen molar-refractivity contribution in [3.05, 3.63) is 60.7 Å². The maximum atomic E-state index is 11.9. The monoisotopic (exact) mass is 368 g/mol. The molecule has 1 heterocycles. The largest absolute Gasteiger partial charge is 0.431 e. The number of nitrogens with one attached hydrogen (secondary N) is 1. The summed E-state index contributed by atoms with van der Waals surface area (Å²) in [6, 6.07) is 19.7. The van der Waals surface area contributed by atoms with Crippen LogP contribution in [-0.2, 0) is 9.53 Å². The summed E-state index contributed by atoms with van der Waals surface area (Å²) in [6.45, 7) is 0.984. The van der Waals surface area contributed by atoms with Gasteiger partial charge in [0.2, 0.25) is 5.91 Å². The number of hydrogen-bond acceptors (Lipinski definition) is 5. The SMILES string of the molecule is COCCNC(=O)CSc1nc(-c2ccccc2)c(-c2ccccc2)o1. The molecule has 0 radical (unpaired) electrons. The fraction of sp³-hybridized carbons (Fsp3) is 0.200. The number of benzene rings is 2. The van der Waals surface area contributed by atoms with Crippen molar-refractivity contribution in [2.45, 2.75) is 5.22 Å². The Morgan fingerprint density at radius 1 is 1.08 bits per heavy atom. The molecule has 1 N–H and O–H groups in total. The van der Waals surface area contributed by atoms with Gasteiger partial charge >= 0.3 is 0 Å². The minimum Gasteiger partial charge on any atom is -0.431 e. The first-order chi connectivity index (χ1) is 12.8. The van der Waals surface area contributed by atoms with Crippen LogP contribution in [0.4, 0.5) is 0 Å². The zero-order valence-corrected chi connectivity index (χ0v) is 15.3. The average Bonchev–Trinajstić information content (AvgIpc) is 3.12. The molecule has 1 aromatic heterocycles. The van der Waals surface area contributed by atoms with Crippen molar-refractivity contribution in [1.29, 1.82) is 0 Å². The Labute approximate surface area is 156 Å². The number of amides is 1. The fourth-order valence-electron chi connectivity index (χ4n) is 2.41. The third-order valence-electron chi connectivity index (χ3n) is 3.65. The molecule has 0 atom stereocenters. The topological polar surface area (TPSA) is 64.4 Å². The predicted octanol–water partition coefficient (Wildman–Crippen LogP) is 3.86. The van der Waals surface area contributed by atoms with E-state index in [9.17, 15) is 4.79 Å². The molecular formula is C20H20N2O3S. The molecule has 0 fully saturated rings. The maximum absolute atomic E-state index is 11.9. The first-order valence-electron chi connectivity index (χ1n) is 8.28. The predicted molar refractivity (Wildman–Crippen MR) is 103 cm³/mol. The van der Waals surface area contributed by atoms with Crippen LogP contribution in [0.25, 0.3) is 22.6 Å². The van der Waals surface area contributed by atoms with Gasteiger partial charge in [0.1, 0.15) is 5.69 Å². The Morgan fingerprint density at radius 2 is 1.73 bits per heavy atom. The number of carbonyl (C=O) groups excluding carboxylic acids is 1. The van der Waals surface area contributed by atoms with Gasteiger partial charge in [-0.2, -0.15) is 0 Å². The van der Waals surface area contributed by atoms with E-state index in [0.29, 0.717) is 24.1 Å². The normalized spacial score (nSPS) is 10.7. The third kappa shape index (κ3) is 4.74. The second kappa shape index (κ2) is 9.22. The van der Waals surface area contributed by atoms with Gasteiger partial charge < -0.3 is 14.5 Å². The highest BCUT2D eigenvalue weighted by Crippen LogP contribution is 2.35. The molecule has 0 aliphatic rings. The maximum Gasteiger partial charge on any atom is 0.257 e. The lowest BCUT2D eigenvalue weighted by molar-refractivity contribution is -0.118. The third-order valence-corrected chi connectivity index (χ3v) is 4.47. The average molecular weight is 368 g/mol. The molecule has 0 saturated heterocycles. The molecule has 3 rings (SSSR count). The van der Waals surface area contributed by atoms with Crippen molar-refractivity contribution in [2.75, 3.05) is 26.0 Å². The van der Waals surface area contributed by atoms with Gasteiger partial charge in [0.25, 0.3) is 5.22 Å². The Hall–Kier alpha value is -2.57. The summed E-state index contributed by atoms with van der Waals surface area (Å²) in [4.78, 5) is 16.5. The van der Waals surface area contributed by atoms with Crippen molar-refractivity contribution < 1.29 is 13.9 Å². The molecular weight excluding hydrogens is 348 g/mol. The van der Waals surface area contributed by atoms with Crippen molar-refractivity contribution in [1.82, 2.24) is 10.3 Å². The molecule has 0 unspecified atom stereocenters. The van der Waals surface area contributed by atoms with Gasteiger partial charge in [-0.05, 0) is 0 Å². The molecule has 1 amide bonds. The Kier molecular flexibility index (Phi) is 6.46. The highest BCUT2D eigenvalue weighted by Gasteiger charge is 2.17. The number of methoxy groups -OCH3 is 1. The van der Waals surface area contributed by atoms with E-state index in [1.54, 1.807) is 7.11 Å². The Balaban J connectivity index is 1.80. The van der Waals surface area contributed by atoms with E-state index in [1.807, 2.05) is 60.7 Å². The molecule has 5 nitrogen and oxygen atoms in total. The summed E-state index contributed by atoms with van der Waals surface area (Å²) in [5, 5.41) is 3.26. The zero-order valence-electron chi connectivity index (χ0n) is 14.5. The van der Waals surface area contributed by atoms with Gasteiger partial charge in [-0.15, -0.1) is 0 Å². The van der Waals surface area contributed by atoms with Crippen LogP contribution in [0.5, 0.6) is 0 Å². The fourth-order valence-corrected chi connectivity index (χ4v) is 3.06. The van der Waals surface area contributed by atoms with E-state index in [1.165, 1.54) is 11.8 Å². The zero-order chi connectivity index (χ0) is 18.2. The lowest BCUT2D eigenvalue weighted by atomic mass is 10.1. The molecule has 134 valence electrons. The van der Waals surface area contributed by atoms with Crippen LogP contribution in [0.2, 0.25) is 0 Å². The standard InChI is InChI=1S/C20H20N2O3S/c1-24-13-12-21-17(23)14-26-20-22-18(15-8-4-2-5-9-15)19(25-20)16-10-6-3-7-11-16/h2-11H,12-14H2,1H3,(H,21,23). The minimum atomic E-state index is -0.0761. The molecule has 0 aliphatic heterocycles. The van der Waals surface area contributed by atoms with Crippen LogP contribution < -0.4 is 5.32 Å². The van der Waals surface area contributed by atoms with Gasteiger partial charge in [-0.25, -0.2) is 4.98 Å². The summed E-state index contributed by atoms with van der Waals surface area (Å²) in [7, 11) is 1.60. The molecule has 0 saturated carbocycles. The summed E-state index contributed by atoms with van der Waals surface area (Å²) < 4.78 is 10.9. The van der Waals surface area contributed by atoms with Crippen molar-refractivity contribution >= 4 is 17.7 Å². The number of nitrogens with zero attached hydrogens (tertiary/aromatic N) is 1. The second-order valence-corrected chi connectivity index (χ2v) is 6.45. The van der Waals surface area contributed by atoms with Crippen LogP contribution in [0.1, 0.15) is 0 Å². The number of hydrogen-bond donors (Lipinski definition) is 1. The molecule has 0 spiro atoms. The number of thioether (sulfide) groups is 1. The number of ether oxygens (including phenoxy) is 1. The van der Waals surface area contributed by atoms with E-state index in [4.69, 9.17) is 9.15 Å². The van der Waals surface area contributed by atoms with E-state index < -0.39 is 0 Å². The Bertz CT molecular complexity index is 778. The molecule has 6 heteroatoms. The highest BCUT2D eigenvalue weighted by atomic mass is 32.2. The lowest BCUT2D eigenvalue weighted by Crippen LogP contribution is -2.28. The van der Waals surface area contributed by atoms with Crippen molar-refractivity contribution in [3.63, 3.8) is 0 Å². The van der Waals surface area contributed by atoms with Crippen LogP contribution in [0.3, 0.4) is 0 Å². The van der Waals surface area contributed by atoms with Crippen LogP contribution in [0, 0.1) is 0 Å². The van der Waals surface area contributed by atoms with Gasteiger partial charge in [-0.3, -0.25) is 4.79 Å². The number of carbonyl (C=O) groups is 1. The molecule has 3 aromatic rings. The molecule has 0 bridgehead atoms. The van der Waals surface area contributed by atoms with E-state index in [0.717, 1.165) is 16.8 Å². The summed E-state index contributed by atoms with van der Waals surface area (Å²) in [5.41, 5.74) is 2.71. The van der Waals surface area contributed by atoms with Gasteiger partial charge in [0.15, 0.2) is 5.76 Å². The number of rotatable bonds is 8. The quantitative estimate of drug-likeness (QED) is 0.483. The van der Waals surface area contributed by atoms with Gasteiger partial charge in [0.05, 0.1) is 12.4 Å². The smallest absolute Gasteiger partial charge is 0.257 e. The van der Waals surface area contributed by atoms with E-state index in [2.05, 4.69) is 10.3 Å². The van der Waals surface area contributed by atoms with Crippen molar-refractivity contribution in [2.24, 2.45) is 0 Å². The van der Waals surface area contributed by atoms with E-state index in [-0.39, 0.29) is 11.7 Å².